The third-order valence-electron chi connectivity index (χ3n) is 4.86. The van der Waals surface area contributed by atoms with Crippen LogP contribution in [0.5, 0.6) is 11.5 Å². The summed E-state index contributed by atoms with van der Waals surface area (Å²) in [6.07, 6.45) is 1.66. The molecular formula is C20H22N4O4. The van der Waals surface area contributed by atoms with Gasteiger partial charge in [0.25, 0.3) is 5.69 Å². The molecule has 2 aromatic carbocycles. The molecule has 8 heteroatoms. The summed E-state index contributed by atoms with van der Waals surface area (Å²) in [6.45, 7) is 1.37. The van der Waals surface area contributed by atoms with Crippen molar-refractivity contribution in [3.8, 4) is 17.6 Å². The zero-order valence-corrected chi connectivity index (χ0v) is 15.8. The zero-order valence-electron chi connectivity index (χ0n) is 15.8. The van der Waals surface area contributed by atoms with E-state index in [0.29, 0.717) is 35.8 Å². The molecule has 1 aliphatic heterocycles. The maximum absolute atomic E-state index is 11.4. The highest BCUT2D eigenvalue weighted by atomic mass is 16.6. The number of nitrogens with one attached hydrogen (secondary N) is 1. The molecule has 1 fully saturated rings. The van der Waals surface area contributed by atoms with E-state index < -0.39 is 4.92 Å². The van der Waals surface area contributed by atoms with Crippen LogP contribution in [0.4, 0.5) is 17.1 Å². The Kier molecular flexibility index (Phi) is 5.84. The summed E-state index contributed by atoms with van der Waals surface area (Å²) in [5.74, 6) is 1.43. The first-order chi connectivity index (χ1) is 13.5. The highest BCUT2D eigenvalue weighted by molar-refractivity contribution is 5.66. The summed E-state index contributed by atoms with van der Waals surface area (Å²) in [4.78, 5) is 13.0. The number of nitro groups is 1. The minimum absolute atomic E-state index is 0.0250. The summed E-state index contributed by atoms with van der Waals surface area (Å²) in [5.41, 5.74) is 1.74. The number of ether oxygens (including phenoxy) is 2. The van der Waals surface area contributed by atoms with Crippen molar-refractivity contribution in [3.05, 3.63) is 52.1 Å². The molecule has 0 radical (unpaired) electrons. The van der Waals surface area contributed by atoms with Gasteiger partial charge < -0.3 is 19.7 Å². The first-order valence-corrected chi connectivity index (χ1v) is 8.97. The fraction of sp³-hybridized carbons (Fsp3) is 0.350. The summed E-state index contributed by atoms with van der Waals surface area (Å²) in [6, 6.07) is 12.5. The van der Waals surface area contributed by atoms with E-state index in [-0.39, 0.29) is 11.7 Å². The molecule has 1 N–H and O–H groups in total. The van der Waals surface area contributed by atoms with Crippen LogP contribution in [-0.4, -0.2) is 38.3 Å². The molecule has 0 aliphatic carbocycles. The molecule has 3 rings (SSSR count). The zero-order chi connectivity index (χ0) is 20.1. The predicted octanol–water partition coefficient (Wildman–Crippen LogP) is 3.56. The lowest BCUT2D eigenvalue weighted by atomic mass is 10.0. The third-order valence-corrected chi connectivity index (χ3v) is 4.86. The van der Waals surface area contributed by atoms with Gasteiger partial charge in [0, 0.05) is 49.1 Å². The van der Waals surface area contributed by atoms with Gasteiger partial charge in [0.15, 0.2) is 0 Å². The lowest BCUT2D eigenvalue weighted by molar-refractivity contribution is -0.384. The van der Waals surface area contributed by atoms with Crippen molar-refractivity contribution in [2.75, 3.05) is 37.5 Å². The SMILES string of the molecule is COc1cc(NC2CCN(c3ccc(C#N)cc3[N+](=O)[O-])CC2)cc(OC)c1. The fourth-order valence-corrected chi connectivity index (χ4v) is 3.40. The van der Waals surface area contributed by atoms with Gasteiger partial charge >= 0.3 is 0 Å². The minimum Gasteiger partial charge on any atom is -0.497 e. The van der Waals surface area contributed by atoms with Gasteiger partial charge in [-0.3, -0.25) is 10.1 Å². The first kappa shape index (κ1) is 19.3. The number of piperidine rings is 1. The maximum atomic E-state index is 11.4. The van der Waals surface area contributed by atoms with Gasteiger partial charge in [0.05, 0.1) is 30.8 Å². The van der Waals surface area contributed by atoms with Crippen LogP contribution < -0.4 is 19.7 Å². The molecule has 1 heterocycles. The van der Waals surface area contributed by atoms with Crippen molar-refractivity contribution in [3.63, 3.8) is 0 Å². The van der Waals surface area contributed by atoms with Gasteiger partial charge in [-0.05, 0) is 25.0 Å². The van der Waals surface area contributed by atoms with Gasteiger partial charge in [0.1, 0.15) is 17.2 Å². The topological polar surface area (TPSA) is 101 Å². The van der Waals surface area contributed by atoms with E-state index in [1.165, 1.54) is 6.07 Å². The molecule has 8 nitrogen and oxygen atoms in total. The van der Waals surface area contributed by atoms with E-state index >= 15 is 0 Å². The van der Waals surface area contributed by atoms with Crippen LogP contribution in [0.25, 0.3) is 0 Å². The molecule has 1 aliphatic rings. The molecule has 0 aromatic heterocycles. The van der Waals surface area contributed by atoms with E-state index in [1.807, 2.05) is 29.2 Å². The fourth-order valence-electron chi connectivity index (χ4n) is 3.40. The van der Waals surface area contributed by atoms with E-state index in [4.69, 9.17) is 14.7 Å². The second-order valence-corrected chi connectivity index (χ2v) is 6.58. The number of anilines is 2. The van der Waals surface area contributed by atoms with Gasteiger partial charge in [-0.2, -0.15) is 5.26 Å². The number of methoxy groups -OCH3 is 2. The Morgan fingerprint density at radius 2 is 1.79 bits per heavy atom. The number of hydrogen-bond donors (Lipinski definition) is 1. The maximum Gasteiger partial charge on any atom is 0.293 e. The normalized spacial score (nSPS) is 14.2. The van der Waals surface area contributed by atoms with Crippen LogP contribution in [0.2, 0.25) is 0 Å². The average molecular weight is 382 g/mol. The van der Waals surface area contributed by atoms with E-state index in [2.05, 4.69) is 5.32 Å². The van der Waals surface area contributed by atoms with Crippen molar-refractivity contribution >= 4 is 17.1 Å². The quantitative estimate of drug-likeness (QED) is 0.602. The van der Waals surface area contributed by atoms with Crippen LogP contribution in [0, 0.1) is 21.4 Å². The summed E-state index contributed by atoms with van der Waals surface area (Å²) in [7, 11) is 3.23. The Balaban J connectivity index is 1.69. The largest absolute Gasteiger partial charge is 0.497 e. The van der Waals surface area contributed by atoms with Crippen LogP contribution >= 0.6 is 0 Å². The van der Waals surface area contributed by atoms with Crippen molar-refractivity contribution in [1.82, 2.24) is 0 Å². The van der Waals surface area contributed by atoms with E-state index in [1.54, 1.807) is 26.4 Å². The molecule has 28 heavy (non-hydrogen) atoms. The highest BCUT2D eigenvalue weighted by Crippen LogP contribution is 2.32. The minimum atomic E-state index is -0.428. The molecule has 0 spiro atoms. The van der Waals surface area contributed by atoms with Crippen molar-refractivity contribution in [1.29, 1.82) is 5.26 Å². The molecule has 0 atom stereocenters. The Hall–Kier alpha value is -3.47. The van der Waals surface area contributed by atoms with Gasteiger partial charge in [0.2, 0.25) is 0 Å². The Labute approximate surface area is 163 Å². The average Bonchev–Trinajstić information content (AvgIpc) is 2.73. The van der Waals surface area contributed by atoms with Crippen molar-refractivity contribution in [2.45, 2.75) is 18.9 Å². The van der Waals surface area contributed by atoms with Crippen LogP contribution in [0.3, 0.4) is 0 Å². The van der Waals surface area contributed by atoms with Gasteiger partial charge in [-0.1, -0.05) is 0 Å². The highest BCUT2D eigenvalue weighted by Gasteiger charge is 2.25. The molecule has 146 valence electrons. The number of nitrogens with zero attached hydrogens (tertiary/aromatic N) is 3. The van der Waals surface area contributed by atoms with Crippen molar-refractivity contribution < 1.29 is 14.4 Å². The van der Waals surface area contributed by atoms with Crippen LogP contribution in [-0.2, 0) is 0 Å². The van der Waals surface area contributed by atoms with Gasteiger partial charge in [-0.15, -0.1) is 0 Å². The number of benzene rings is 2. The smallest absolute Gasteiger partial charge is 0.293 e. The Morgan fingerprint density at radius 3 is 2.32 bits per heavy atom. The Bertz CT molecular complexity index is 879. The molecule has 0 saturated carbocycles. The van der Waals surface area contributed by atoms with Crippen LogP contribution in [0.15, 0.2) is 36.4 Å². The number of hydrogen-bond acceptors (Lipinski definition) is 7. The van der Waals surface area contributed by atoms with Crippen LogP contribution in [0.1, 0.15) is 18.4 Å². The molecule has 0 unspecified atom stereocenters. The number of nitro benzene ring substituents is 1. The lowest BCUT2D eigenvalue weighted by Crippen LogP contribution is -2.39. The summed E-state index contributed by atoms with van der Waals surface area (Å²) >= 11 is 0. The lowest BCUT2D eigenvalue weighted by Gasteiger charge is -2.34. The van der Waals surface area contributed by atoms with E-state index in [9.17, 15) is 10.1 Å². The number of nitriles is 1. The molecular weight excluding hydrogens is 360 g/mol. The standard InChI is InChI=1S/C20H22N4O4/c1-27-17-10-16(11-18(12-17)28-2)22-15-5-7-23(8-6-15)19-4-3-14(13-21)9-20(19)24(25)26/h3-4,9-12,15,22H,5-8H2,1-2H3. The van der Waals surface area contributed by atoms with Gasteiger partial charge in [-0.25, -0.2) is 0 Å². The predicted molar refractivity (Wildman–Crippen MR) is 106 cm³/mol. The Morgan fingerprint density at radius 1 is 1.14 bits per heavy atom. The molecule has 0 bridgehead atoms. The number of rotatable bonds is 6. The third kappa shape index (κ3) is 4.26. The monoisotopic (exact) mass is 382 g/mol. The second kappa shape index (κ2) is 8.48. The second-order valence-electron chi connectivity index (χ2n) is 6.58. The summed E-state index contributed by atoms with van der Waals surface area (Å²) in [5, 5.41) is 23.9. The molecule has 1 saturated heterocycles. The molecule has 2 aromatic rings. The molecule has 0 amide bonds. The van der Waals surface area contributed by atoms with Crippen molar-refractivity contribution in [2.24, 2.45) is 0 Å². The van der Waals surface area contributed by atoms with E-state index in [0.717, 1.165) is 18.5 Å². The summed E-state index contributed by atoms with van der Waals surface area (Å²) < 4.78 is 10.6. The first-order valence-electron chi connectivity index (χ1n) is 8.97.